The molecule has 1 aromatic heterocycles. The Bertz CT molecular complexity index is 477. The summed E-state index contributed by atoms with van der Waals surface area (Å²) in [6, 6.07) is 4.01. The molecule has 1 aromatic rings. The van der Waals surface area contributed by atoms with Crippen LogP contribution in [0.25, 0.3) is 0 Å². The summed E-state index contributed by atoms with van der Waals surface area (Å²) in [5, 5.41) is 8.62. The van der Waals surface area contributed by atoms with Crippen molar-refractivity contribution in [2.75, 3.05) is 33.4 Å². The maximum absolute atomic E-state index is 8.62. The van der Waals surface area contributed by atoms with E-state index in [9.17, 15) is 0 Å². The number of furan rings is 1. The first-order valence-corrected chi connectivity index (χ1v) is 7.42. The fraction of sp³-hybridized carbons (Fsp3) is 0.538. The minimum Gasteiger partial charge on any atom is -0.464 e. The molecule has 110 valence electrons. The second kappa shape index (κ2) is 8.51. The molecule has 0 spiro atoms. The Labute approximate surface area is 124 Å². The Balaban J connectivity index is 2.25. The molecule has 2 N–H and O–H groups in total. The summed E-state index contributed by atoms with van der Waals surface area (Å²) in [6.45, 7) is 1.40. The highest BCUT2D eigenvalue weighted by Gasteiger charge is 2.03. The number of rotatable bonds is 7. The molecule has 0 saturated carbocycles. The fourth-order valence-electron chi connectivity index (χ4n) is 1.45. The van der Waals surface area contributed by atoms with Crippen LogP contribution in [0.3, 0.4) is 0 Å². The zero-order valence-corrected chi connectivity index (χ0v) is 13.0. The van der Waals surface area contributed by atoms with Crippen LogP contribution in [0.4, 0.5) is 0 Å². The van der Waals surface area contributed by atoms with Crippen LogP contribution in [0.15, 0.2) is 21.5 Å². The zero-order chi connectivity index (χ0) is 15.0. The summed E-state index contributed by atoms with van der Waals surface area (Å²) >= 11 is 1.73. The lowest BCUT2D eigenvalue weighted by Crippen LogP contribution is -2.30. The molecule has 0 atom stereocenters. The van der Waals surface area contributed by atoms with Crippen molar-refractivity contribution in [2.24, 2.45) is 10.7 Å². The minimum atomic E-state index is 0.249. The van der Waals surface area contributed by atoms with E-state index < -0.39 is 0 Å². The lowest BCUT2D eigenvalue weighted by atomic mass is 10.4. The quantitative estimate of drug-likeness (QED) is 0.268. The van der Waals surface area contributed by atoms with Crippen molar-refractivity contribution in [1.82, 2.24) is 9.80 Å². The van der Waals surface area contributed by atoms with Gasteiger partial charge in [0.05, 0.1) is 18.8 Å². The highest BCUT2D eigenvalue weighted by atomic mass is 32.2. The van der Waals surface area contributed by atoms with E-state index in [1.54, 1.807) is 18.8 Å². The summed E-state index contributed by atoms with van der Waals surface area (Å²) in [4.78, 5) is 7.42. The van der Waals surface area contributed by atoms with Gasteiger partial charge in [-0.05, 0) is 26.2 Å². The van der Waals surface area contributed by atoms with Gasteiger partial charge >= 0.3 is 0 Å². The first-order chi connectivity index (χ1) is 9.52. The number of guanidine groups is 1. The number of hydrogen-bond acceptors (Lipinski definition) is 5. The molecule has 0 aliphatic heterocycles. The van der Waals surface area contributed by atoms with Gasteiger partial charge in [-0.2, -0.15) is 17.0 Å². The Morgan fingerprint density at radius 3 is 2.75 bits per heavy atom. The number of nitriles is 1. The van der Waals surface area contributed by atoms with Crippen LogP contribution in [0.2, 0.25) is 0 Å². The Hall–Kier alpha value is -1.65. The molecular weight excluding hydrogens is 274 g/mol. The molecular formula is C13H21N5OS. The normalized spacial score (nSPS) is 11.7. The van der Waals surface area contributed by atoms with E-state index in [0.29, 0.717) is 6.54 Å². The van der Waals surface area contributed by atoms with Crippen LogP contribution in [0.1, 0.15) is 11.5 Å². The molecule has 0 radical (unpaired) electrons. The first kappa shape index (κ1) is 16.4. The largest absolute Gasteiger partial charge is 0.464 e. The molecule has 20 heavy (non-hydrogen) atoms. The smallest absolute Gasteiger partial charge is 0.204 e. The second-order valence-electron chi connectivity index (χ2n) is 4.56. The summed E-state index contributed by atoms with van der Waals surface area (Å²) < 4.78 is 5.70. The average molecular weight is 295 g/mol. The van der Waals surface area contributed by atoms with E-state index >= 15 is 0 Å². The maximum atomic E-state index is 8.62. The lowest BCUT2D eigenvalue weighted by Gasteiger charge is -2.06. The van der Waals surface area contributed by atoms with Crippen LogP contribution < -0.4 is 5.73 Å². The van der Waals surface area contributed by atoms with Crippen LogP contribution in [-0.4, -0.2) is 49.2 Å². The van der Waals surface area contributed by atoms with Gasteiger partial charge in [0.2, 0.25) is 5.96 Å². The molecule has 0 saturated heterocycles. The highest BCUT2D eigenvalue weighted by molar-refractivity contribution is 7.98. The van der Waals surface area contributed by atoms with E-state index in [-0.39, 0.29) is 5.96 Å². The van der Waals surface area contributed by atoms with Crippen molar-refractivity contribution in [3.63, 3.8) is 0 Å². The minimum absolute atomic E-state index is 0.249. The van der Waals surface area contributed by atoms with Gasteiger partial charge in [0.15, 0.2) is 6.19 Å². The van der Waals surface area contributed by atoms with Gasteiger partial charge in [-0.1, -0.05) is 0 Å². The SMILES string of the molecule is CN(C)Cc1ccc(CSCCN=C(N)N(C)C#N)o1. The fourth-order valence-corrected chi connectivity index (χ4v) is 2.17. The van der Waals surface area contributed by atoms with Crippen molar-refractivity contribution in [1.29, 1.82) is 5.26 Å². The van der Waals surface area contributed by atoms with Gasteiger partial charge in [0.25, 0.3) is 0 Å². The van der Waals surface area contributed by atoms with E-state index in [2.05, 4.69) is 9.89 Å². The topological polar surface area (TPSA) is 81.8 Å². The van der Waals surface area contributed by atoms with Crippen LogP contribution >= 0.6 is 11.8 Å². The van der Waals surface area contributed by atoms with E-state index in [1.165, 1.54) is 4.90 Å². The van der Waals surface area contributed by atoms with Crippen molar-refractivity contribution < 1.29 is 4.42 Å². The molecule has 0 aliphatic rings. The number of hydrogen-bond donors (Lipinski definition) is 1. The summed E-state index contributed by atoms with van der Waals surface area (Å²) in [5.74, 6) is 3.85. The molecule has 6 nitrogen and oxygen atoms in total. The predicted octanol–water partition coefficient (Wildman–Crippen LogP) is 1.30. The van der Waals surface area contributed by atoms with Crippen molar-refractivity contribution in [3.05, 3.63) is 23.7 Å². The van der Waals surface area contributed by atoms with Gasteiger partial charge in [0.1, 0.15) is 11.5 Å². The Morgan fingerprint density at radius 2 is 2.10 bits per heavy atom. The standard InChI is InChI=1S/C13H21N5OS/c1-17(2)8-11-4-5-12(19-11)9-20-7-6-16-13(15)18(3)10-14/h4-5H,6-9H2,1-3H3,(H2,15,16). The second-order valence-corrected chi connectivity index (χ2v) is 5.66. The van der Waals surface area contributed by atoms with E-state index in [0.717, 1.165) is 29.6 Å². The molecule has 0 bridgehead atoms. The summed E-state index contributed by atoms with van der Waals surface area (Å²) in [7, 11) is 5.61. The van der Waals surface area contributed by atoms with Gasteiger partial charge in [-0.3, -0.25) is 9.89 Å². The van der Waals surface area contributed by atoms with Gasteiger partial charge < -0.3 is 15.1 Å². The van der Waals surface area contributed by atoms with E-state index in [1.807, 2.05) is 32.4 Å². The maximum Gasteiger partial charge on any atom is 0.204 e. The summed E-state index contributed by atoms with van der Waals surface area (Å²) in [6.07, 6.45) is 1.90. The van der Waals surface area contributed by atoms with Gasteiger partial charge in [0, 0.05) is 12.8 Å². The molecule has 0 amide bonds. The number of nitrogens with two attached hydrogens (primary N) is 1. The van der Waals surface area contributed by atoms with E-state index in [4.69, 9.17) is 15.4 Å². The third kappa shape index (κ3) is 5.99. The third-order valence-corrected chi connectivity index (χ3v) is 3.40. The highest BCUT2D eigenvalue weighted by Crippen LogP contribution is 2.16. The number of aliphatic imine (C=N–C) groups is 1. The zero-order valence-electron chi connectivity index (χ0n) is 12.2. The molecule has 0 aliphatic carbocycles. The number of nitrogens with zero attached hydrogens (tertiary/aromatic N) is 4. The van der Waals surface area contributed by atoms with Gasteiger partial charge in [-0.25, -0.2) is 0 Å². The van der Waals surface area contributed by atoms with Crippen LogP contribution in [0.5, 0.6) is 0 Å². The Morgan fingerprint density at radius 1 is 1.40 bits per heavy atom. The van der Waals surface area contributed by atoms with Gasteiger partial charge in [-0.15, -0.1) is 0 Å². The number of thioether (sulfide) groups is 1. The van der Waals surface area contributed by atoms with Crippen molar-refractivity contribution in [2.45, 2.75) is 12.3 Å². The summed E-state index contributed by atoms with van der Waals surface area (Å²) in [5.41, 5.74) is 5.59. The molecule has 1 heterocycles. The van der Waals surface area contributed by atoms with Crippen LogP contribution in [-0.2, 0) is 12.3 Å². The molecule has 0 aromatic carbocycles. The molecule has 1 rings (SSSR count). The molecule has 0 unspecified atom stereocenters. The Kier molecular flexibility index (Phi) is 6.98. The van der Waals surface area contributed by atoms with Crippen LogP contribution in [0, 0.1) is 11.5 Å². The van der Waals surface area contributed by atoms with Crippen molar-refractivity contribution in [3.8, 4) is 6.19 Å². The lowest BCUT2D eigenvalue weighted by molar-refractivity contribution is 0.344. The molecule has 7 heteroatoms. The monoisotopic (exact) mass is 295 g/mol. The third-order valence-electron chi connectivity index (χ3n) is 2.44. The first-order valence-electron chi connectivity index (χ1n) is 6.26. The molecule has 0 fully saturated rings. The van der Waals surface area contributed by atoms with Crippen molar-refractivity contribution >= 4 is 17.7 Å². The predicted molar refractivity (Wildman–Crippen MR) is 82.1 cm³/mol. The average Bonchev–Trinajstić information content (AvgIpc) is 2.83.